The first-order chi connectivity index (χ1) is 7.62. The molecule has 0 aromatic heterocycles. The molecule has 4 N–H and O–H groups in total. The van der Waals surface area contributed by atoms with Crippen LogP contribution in [-0.4, -0.2) is 11.0 Å². The van der Waals surface area contributed by atoms with Crippen LogP contribution in [0.15, 0.2) is 18.2 Å². The smallest absolute Gasteiger partial charge is 0.271 e. The summed E-state index contributed by atoms with van der Waals surface area (Å²) in [7, 11) is 0. The summed E-state index contributed by atoms with van der Waals surface area (Å²) in [6.45, 7) is 0. The highest BCUT2D eigenvalue weighted by molar-refractivity contribution is 7.80. The third-order valence-corrected chi connectivity index (χ3v) is 2.84. The zero-order valence-electron chi connectivity index (χ0n) is 7.93. The van der Waals surface area contributed by atoms with Crippen molar-refractivity contribution in [1.82, 2.24) is 16.2 Å². The van der Waals surface area contributed by atoms with E-state index in [2.05, 4.69) is 21.5 Å². The van der Waals surface area contributed by atoms with Gasteiger partial charge in [-0.15, -0.1) is 0 Å². The van der Waals surface area contributed by atoms with Crippen molar-refractivity contribution in [1.29, 1.82) is 0 Å². The average molecular weight is 238 g/mol. The molecule has 7 heteroatoms. The van der Waals surface area contributed by atoms with E-state index in [-0.39, 0.29) is 5.91 Å². The zero-order chi connectivity index (χ0) is 11.3. The lowest BCUT2D eigenvalue weighted by atomic mass is 10.0. The fraction of sp³-hybridized carbons (Fsp3) is 0.111. The number of rotatable bonds is 0. The van der Waals surface area contributed by atoms with E-state index in [1.165, 1.54) is 18.2 Å². The van der Waals surface area contributed by atoms with Crippen LogP contribution in [0.3, 0.4) is 0 Å². The Balaban J connectivity index is 2.18. The Hall–Kier alpha value is -1.73. The highest BCUT2D eigenvalue weighted by Gasteiger charge is 2.51. The van der Waals surface area contributed by atoms with Crippen LogP contribution >= 0.6 is 12.2 Å². The number of carbonyl (C=O) groups is 1. The molecule has 0 saturated carbocycles. The second-order valence-electron chi connectivity index (χ2n) is 3.60. The molecule has 16 heavy (non-hydrogen) atoms. The number of carbonyl (C=O) groups excluding carboxylic acids is 1. The van der Waals surface area contributed by atoms with E-state index in [1.54, 1.807) is 0 Å². The van der Waals surface area contributed by atoms with Gasteiger partial charge in [0.15, 0.2) is 5.11 Å². The summed E-state index contributed by atoms with van der Waals surface area (Å²) >= 11 is 4.88. The minimum atomic E-state index is -1.20. The van der Waals surface area contributed by atoms with E-state index >= 15 is 0 Å². The van der Waals surface area contributed by atoms with Gasteiger partial charge < -0.3 is 10.6 Å². The first kappa shape index (κ1) is 9.49. The maximum Gasteiger partial charge on any atom is 0.271 e. The van der Waals surface area contributed by atoms with Gasteiger partial charge in [0.2, 0.25) is 5.66 Å². The number of anilines is 1. The molecule has 2 heterocycles. The number of fused-ring (bicyclic) bond motifs is 2. The van der Waals surface area contributed by atoms with Gasteiger partial charge in [0, 0.05) is 11.3 Å². The summed E-state index contributed by atoms with van der Waals surface area (Å²) in [5, 5.41) is 5.74. The third kappa shape index (κ3) is 1.06. The maximum atomic E-state index is 13.2. The first-order valence-corrected chi connectivity index (χ1v) is 4.99. The molecule has 1 atom stereocenters. The quantitative estimate of drug-likeness (QED) is 0.476. The van der Waals surface area contributed by atoms with Crippen molar-refractivity contribution in [2.45, 2.75) is 5.66 Å². The highest BCUT2D eigenvalue weighted by atomic mass is 32.1. The van der Waals surface area contributed by atoms with Crippen LogP contribution in [0.25, 0.3) is 0 Å². The second kappa shape index (κ2) is 2.89. The summed E-state index contributed by atoms with van der Waals surface area (Å²) in [4.78, 5) is 11.9. The number of hydrazine groups is 1. The van der Waals surface area contributed by atoms with E-state index in [1.807, 2.05) is 0 Å². The number of hydrogen-bond acceptors (Lipinski definition) is 3. The van der Waals surface area contributed by atoms with Crippen LogP contribution < -0.4 is 21.5 Å². The van der Waals surface area contributed by atoms with Crippen molar-refractivity contribution in [2.24, 2.45) is 0 Å². The second-order valence-corrected chi connectivity index (χ2v) is 4.01. The van der Waals surface area contributed by atoms with E-state index < -0.39 is 11.5 Å². The van der Waals surface area contributed by atoms with Gasteiger partial charge in [-0.1, -0.05) is 0 Å². The van der Waals surface area contributed by atoms with Crippen LogP contribution in [0.2, 0.25) is 0 Å². The van der Waals surface area contributed by atoms with Gasteiger partial charge in [-0.2, -0.15) is 5.43 Å². The molecule has 2 aliphatic rings. The summed E-state index contributed by atoms with van der Waals surface area (Å²) < 4.78 is 13.2. The zero-order valence-corrected chi connectivity index (χ0v) is 8.74. The molecular weight excluding hydrogens is 231 g/mol. The lowest BCUT2D eigenvalue weighted by molar-refractivity contribution is -0.122. The molecule has 0 bridgehead atoms. The molecule has 0 aliphatic carbocycles. The van der Waals surface area contributed by atoms with Crippen molar-refractivity contribution >= 4 is 28.9 Å². The Labute approximate surface area is 95.4 Å². The summed E-state index contributed by atoms with van der Waals surface area (Å²) in [6.07, 6.45) is 0. The van der Waals surface area contributed by atoms with Gasteiger partial charge >= 0.3 is 0 Å². The number of amides is 1. The summed E-state index contributed by atoms with van der Waals surface area (Å²) in [5.74, 6) is -0.725. The van der Waals surface area contributed by atoms with E-state index in [0.29, 0.717) is 16.4 Å². The molecule has 1 aromatic rings. The lowest BCUT2D eigenvalue weighted by Gasteiger charge is -2.20. The Morgan fingerprint density at radius 2 is 2.19 bits per heavy atom. The van der Waals surface area contributed by atoms with E-state index in [4.69, 9.17) is 12.2 Å². The lowest BCUT2D eigenvalue weighted by Crippen LogP contribution is -2.52. The molecule has 1 fully saturated rings. The Kier molecular flexibility index (Phi) is 1.72. The fourth-order valence-electron chi connectivity index (χ4n) is 1.91. The van der Waals surface area contributed by atoms with Crippen LogP contribution in [-0.2, 0) is 10.5 Å². The van der Waals surface area contributed by atoms with Gasteiger partial charge in [0.25, 0.3) is 5.91 Å². The van der Waals surface area contributed by atoms with Crippen molar-refractivity contribution < 1.29 is 9.18 Å². The SMILES string of the molecule is O=C1Nc2ccc(F)cc2C12NNC(=S)N2. The Morgan fingerprint density at radius 3 is 2.88 bits per heavy atom. The molecule has 82 valence electrons. The standard InChI is InChI=1S/C9H7FN4OS/c10-4-1-2-6-5(3-4)9(7(15)11-6)12-8(16)13-14-9/h1-3,14H,(H,11,15)(H2,12,13,16). The number of hydrogen-bond donors (Lipinski definition) is 4. The van der Waals surface area contributed by atoms with Crippen molar-refractivity contribution in [2.75, 3.05) is 5.32 Å². The predicted octanol–water partition coefficient (Wildman–Crippen LogP) is -0.0871. The van der Waals surface area contributed by atoms with Gasteiger partial charge in [-0.25, -0.2) is 4.39 Å². The Bertz CT molecular complexity index is 520. The Morgan fingerprint density at radius 1 is 1.38 bits per heavy atom. The predicted molar refractivity (Wildman–Crippen MR) is 58.7 cm³/mol. The molecular formula is C9H7FN4OS. The van der Waals surface area contributed by atoms with Crippen molar-refractivity contribution in [3.63, 3.8) is 0 Å². The number of halogens is 1. The molecule has 5 nitrogen and oxygen atoms in total. The maximum absolute atomic E-state index is 13.2. The molecule has 1 spiro atoms. The van der Waals surface area contributed by atoms with Crippen molar-refractivity contribution in [3.05, 3.63) is 29.6 Å². The van der Waals surface area contributed by atoms with Crippen molar-refractivity contribution in [3.8, 4) is 0 Å². The number of benzene rings is 1. The van der Waals surface area contributed by atoms with E-state index in [9.17, 15) is 9.18 Å². The van der Waals surface area contributed by atoms with Gasteiger partial charge in [0.1, 0.15) is 5.82 Å². The molecule has 2 aliphatic heterocycles. The molecule has 3 rings (SSSR count). The van der Waals surface area contributed by atoms with Gasteiger partial charge in [-0.3, -0.25) is 10.2 Å². The van der Waals surface area contributed by atoms with Crippen LogP contribution in [0.4, 0.5) is 10.1 Å². The molecule has 1 aromatic carbocycles. The van der Waals surface area contributed by atoms with Crippen LogP contribution in [0, 0.1) is 5.82 Å². The molecule has 1 saturated heterocycles. The summed E-state index contributed by atoms with van der Waals surface area (Å²) in [6, 6.07) is 4.10. The monoisotopic (exact) mass is 238 g/mol. The minimum Gasteiger partial charge on any atom is -0.331 e. The number of nitrogens with one attached hydrogen (secondary N) is 4. The van der Waals surface area contributed by atoms with Crippen LogP contribution in [0.5, 0.6) is 0 Å². The largest absolute Gasteiger partial charge is 0.331 e. The molecule has 0 radical (unpaired) electrons. The van der Waals surface area contributed by atoms with Crippen LogP contribution in [0.1, 0.15) is 5.56 Å². The fourth-order valence-corrected chi connectivity index (χ4v) is 2.11. The molecule has 1 amide bonds. The first-order valence-electron chi connectivity index (χ1n) is 4.59. The molecule has 1 unspecified atom stereocenters. The average Bonchev–Trinajstić information content (AvgIpc) is 2.74. The van der Waals surface area contributed by atoms with E-state index in [0.717, 1.165) is 0 Å². The topological polar surface area (TPSA) is 65.2 Å². The normalized spacial score (nSPS) is 26.3. The summed E-state index contributed by atoms with van der Waals surface area (Å²) in [5.41, 5.74) is 5.22. The minimum absolute atomic E-state index is 0.298. The van der Waals surface area contributed by atoms with Gasteiger partial charge in [-0.05, 0) is 30.4 Å². The highest BCUT2D eigenvalue weighted by Crippen LogP contribution is 2.35. The third-order valence-electron chi connectivity index (χ3n) is 2.64. The number of thiocarbonyl (C=S) groups is 1. The van der Waals surface area contributed by atoms with Gasteiger partial charge in [0.05, 0.1) is 0 Å².